The van der Waals surface area contributed by atoms with Gasteiger partial charge in [-0.1, -0.05) is 35.9 Å². The van der Waals surface area contributed by atoms with Crippen molar-refractivity contribution in [2.24, 2.45) is 0 Å². The van der Waals surface area contributed by atoms with E-state index in [0.717, 1.165) is 5.56 Å². The number of hydrogen-bond acceptors (Lipinski definition) is 3. The summed E-state index contributed by atoms with van der Waals surface area (Å²) in [6.45, 7) is 0. The maximum Gasteiger partial charge on any atom is 0.321 e. The number of aliphatic carboxylic acids is 1. The van der Waals surface area contributed by atoms with Crippen molar-refractivity contribution >= 4 is 38.5 Å². The number of carbonyl (C=O) groups is 1. The lowest BCUT2D eigenvalue weighted by Gasteiger charge is -2.16. The highest BCUT2D eigenvalue weighted by Crippen LogP contribution is 2.23. The average molecular weight is 393 g/mol. The molecule has 0 saturated carbocycles. The fourth-order valence-corrected chi connectivity index (χ4v) is 4.45. The van der Waals surface area contributed by atoms with Gasteiger partial charge in [0.2, 0.25) is 10.0 Å². The minimum absolute atomic E-state index is 0.0419. The van der Waals surface area contributed by atoms with E-state index in [4.69, 9.17) is 11.6 Å². The number of aromatic nitrogens is 1. The van der Waals surface area contributed by atoms with Gasteiger partial charge in [0.1, 0.15) is 6.04 Å². The van der Waals surface area contributed by atoms with E-state index in [1.165, 1.54) is 6.07 Å². The Morgan fingerprint density at radius 3 is 2.65 bits per heavy atom. The zero-order chi connectivity index (χ0) is 18.7. The largest absolute Gasteiger partial charge is 0.480 e. The Bertz CT molecular complexity index is 1050. The molecule has 6 nitrogen and oxygen atoms in total. The number of fused-ring (bicyclic) bond motifs is 1. The highest BCUT2D eigenvalue weighted by molar-refractivity contribution is 7.89. The molecular weight excluding hydrogens is 376 g/mol. The molecule has 0 aliphatic heterocycles. The van der Waals surface area contributed by atoms with Crippen molar-refractivity contribution < 1.29 is 18.3 Å². The summed E-state index contributed by atoms with van der Waals surface area (Å²) >= 11 is 6.08. The summed E-state index contributed by atoms with van der Waals surface area (Å²) in [5, 5.41) is 10.5. The van der Waals surface area contributed by atoms with E-state index < -0.39 is 22.0 Å². The Balaban J connectivity index is 1.82. The number of aromatic amines is 1. The summed E-state index contributed by atoms with van der Waals surface area (Å²) in [6, 6.07) is 12.3. The van der Waals surface area contributed by atoms with Crippen LogP contribution in [-0.2, 0) is 21.2 Å². The predicted molar refractivity (Wildman–Crippen MR) is 99.8 cm³/mol. The number of aryl methyl sites for hydroxylation is 1. The number of nitrogens with one attached hydrogen (secondary N) is 2. The van der Waals surface area contributed by atoms with Gasteiger partial charge in [0.05, 0.1) is 4.90 Å². The van der Waals surface area contributed by atoms with Crippen molar-refractivity contribution in [2.75, 3.05) is 0 Å². The molecule has 3 rings (SSSR count). The fourth-order valence-electron chi connectivity index (χ4n) is 2.78. The second-order valence-corrected chi connectivity index (χ2v) is 7.93. The van der Waals surface area contributed by atoms with E-state index in [-0.39, 0.29) is 11.3 Å². The van der Waals surface area contributed by atoms with Crippen LogP contribution in [0.3, 0.4) is 0 Å². The normalized spacial score (nSPS) is 13.0. The summed E-state index contributed by atoms with van der Waals surface area (Å²) < 4.78 is 27.7. The van der Waals surface area contributed by atoms with Crippen LogP contribution < -0.4 is 4.72 Å². The molecule has 2 aromatic carbocycles. The Hall–Kier alpha value is -2.35. The number of hydrogen-bond donors (Lipinski definition) is 3. The van der Waals surface area contributed by atoms with E-state index in [1.807, 2.05) is 0 Å². The second kappa shape index (κ2) is 7.49. The predicted octanol–water partition coefficient (Wildman–Crippen LogP) is 3.19. The molecule has 0 fully saturated rings. The molecular formula is C18H17ClN2O4S. The van der Waals surface area contributed by atoms with E-state index in [1.54, 1.807) is 48.7 Å². The molecule has 0 radical (unpaired) electrons. The molecule has 3 aromatic rings. The van der Waals surface area contributed by atoms with E-state index in [0.29, 0.717) is 22.3 Å². The summed E-state index contributed by atoms with van der Waals surface area (Å²) in [6.07, 6.45) is 2.06. The van der Waals surface area contributed by atoms with Crippen molar-refractivity contribution in [1.29, 1.82) is 0 Å². The molecule has 1 unspecified atom stereocenters. The van der Waals surface area contributed by atoms with Gasteiger partial charge in [-0.15, -0.1) is 0 Å². The number of carboxylic acid groups (broad SMARTS) is 1. The van der Waals surface area contributed by atoms with Crippen LogP contribution in [0.25, 0.3) is 10.9 Å². The third-order valence-corrected chi connectivity index (χ3v) is 6.00. The second-order valence-electron chi connectivity index (χ2n) is 5.84. The third-order valence-electron chi connectivity index (χ3n) is 4.10. The smallest absolute Gasteiger partial charge is 0.321 e. The first kappa shape index (κ1) is 18.4. The van der Waals surface area contributed by atoms with Crippen molar-refractivity contribution in [2.45, 2.75) is 23.8 Å². The lowest BCUT2D eigenvalue weighted by Crippen LogP contribution is -2.41. The van der Waals surface area contributed by atoms with Crippen LogP contribution in [0.1, 0.15) is 12.0 Å². The Kier molecular flexibility index (Phi) is 5.31. The summed E-state index contributed by atoms with van der Waals surface area (Å²) in [4.78, 5) is 14.5. The van der Waals surface area contributed by atoms with Crippen LogP contribution in [0.2, 0.25) is 5.02 Å². The van der Waals surface area contributed by atoms with Crippen molar-refractivity contribution in [1.82, 2.24) is 9.71 Å². The maximum absolute atomic E-state index is 12.7. The van der Waals surface area contributed by atoms with Gasteiger partial charge in [0.25, 0.3) is 0 Å². The van der Waals surface area contributed by atoms with Crippen molar-refractivity contribution in [3.63, 3.8) is 0 Å². The molecule has 136 valence electrons. The van der Waals surface area contributed by atoms with Gasteiger partial charge in [0.15, 0.2) is 0 Å². The average Bonchev–Trinajstić information content (AvgIpc) is 3.08. The minimum Gasteiger partial charge on any atom is -0.480 e. The van der Waals surface area contributed by atoms with Gasteiger partial charge in [-0.3, -0.25) is 4.79 Å². The fraction of sp³-hybridized carbons (Fsp3) is 0.167. The molecule has 0 aliphatic carbocycles. The highest BCUT2D eigenvalue weighted by Gasteiger charge is 2.26. The summed E-state index contributed by atoms with van der Waals surface area (Å²) in [5.41, 5.74) is 1.43. The van der Waals surface area contributed by atoms with Crippen LogP contribution in [-0.4, -0.2) is 30.5 Å². The molecule has 1 heterocycles. The van der Waals surface area contributed by atoms with Crippen LogP contribution in [0.4, 0.5) is 0 Å². The molecule has 0 amide bonds. The van der Waals surface area contributed by atoms with Gasteiger partial charge in [0, 0.05) is 22.1 Å². The van der Waals surface area contributed by atoms with Gasteiger partial charge >= 0.3 is 5.97 Å². The van der Waals surface area contributed by atoms with E-state index in [9.17, 15) is 18.3 Å². The number of carboxylic acids is 1. The SMILES string of the molecule is O=C(O)C(CCc1ccccc1Cl)NS(=O)(=O)c1cccc2[nH]ccc12. The van der Waals surface area contributed by atoms with Crippen LogP contribution in [0.15, 0.2) is 59.6 Å². The molecule has 0 saturated heterocycles. The van der Waals surface area contributed by atoms with Crippen LogP contribution >= 0.6 is 11.6 Å². The van der Waals surface area contributed by atoms with Crippen LogP contribution in [0, 0.1) is 0 Å². The van der Waals surface area contributed by atoms with Crippen molar-refractivity contribution in [3.05, 3.63) is 65.3 Å². The molecule has 8 heteroatoms. The number of benzene rings is 2. The molecule has 1 aromatic heterocycles. The topological polar surface area (TPSA) is 99.3 Å². The summed E-state index contributed by atoms with van der Waals surface area (Å²) in [5.74, 6) is -1.23. The quantitative estimate of drug-likeness (QED) is 0.575. The molecule has 0 spiro atoms. The molecule has 1 atom stereocenters. The Morgan fingerprint density at radius 2 is 1.92 bits per heavy atom. The zero-order valence-electron chi connectivity index (χ0n) is 13.6. The van der Waals surface area contributed by atoms with Gasteiger partial charge in [-0.25, -0.2) is 8.42 Å². The highest BCUT2D eigenvalue weighted by atomic mass is 35.5. The van der Waals surface area contributed by atoms with E-state index in [2.05, 4.69) is 9.71 Å². The first-order chi connectivity index (χ1) is 12.4. The molecule has 0 aliphatic rings. The first-order valence-electron chi connectivity index (χ1n) is 7.93. The van der Waals surface area contributed by atoms with Crippen molar-refractivity contribution in [3.8, 4) is 0 Å². The maximum atomic E-state index is 12.7. The minimum atomic E-state index is -4.00. The van der Waals surface area contributed by atoms with E-state index >= 15 is 0 Å². The zero-order valence-corrected chi connectivity index (χ0v) is 15.2. The van der Waals surface area contributed by atoms with Gasteiger partial charge in [-0.2, -0.15) is 4.72 Å². The molecule has 26 heavy (non-hydrogen) atoms. The number of halogens is 1. The van der Waals surface area contributed by atoms with Gasteiger partial charge < -0.3 is 10.1 Å². The molecule has 3 N–H and O–H groups in total. The first-order valence-corrected chi connectivity index (χ1v) is 9.79. The van der Waals surface area contributed by atoms with Crippen LogP contribution in [0.5, 0.6) is 0 Å². The summed E-state index contributed by atoms with van der Waals surface area (Å²) in [7, 11) is -4.00. The molecule has 0 bridgehead atoms. The number of rotatable bonds is 7. The monoisotopic (exact) mass is 392 g/mol. The van der Waals surface area contributed by atoms with Gasteiger partial charge in [-0.05, 0) is 42.7 Å². The standard InChI is InChI=1S/C18H17ClN2O4S/c19-14-5-2-1-4-12(14)8-9-16(18(22)23)21-26(24,25)17-7-3-6-15-13(17)10-11-20-15/h1-7,10-11,16,20-21H,8-9H2,(H,22,23). The number of H-pyrrole nitrogens is 1. The lowest BCUT2D eigenvalue weighted by molar-refractivity contribution is -0.139. The lowest BCUT2D eigenvalue weighted by atomic mass is 10.1. The number of sulfonamides is 1. The Labute approximate surface area is 155 Å². The third kappa shape index (κ3) is 3.90. The Morgan fingerprint density at radius 1 is 1.15 bits per heavy atom.